The highest BCUT2D eigenvalue weighted by molar-refractivity contribution is 8.00. The normalized spacial score (nSPS) is 10.6. The zero-order valence-corrected chi connectivity index (χ0v) is 16.7. The second-order valence-corrected chi connectivity index (χ2v) is 8.10. The number of hydrogen-bond donors (Lipinski definition) is 1. The van der Waals surface area contributed by atoms with E-state index in [1.54, 1.807) is 36.4 Å². The number of nitrogens with zero attached hydrogens (tertiary/aromatic N) is 2. The second-order valence-electron chi connectivity index (χ2n) is 5.05. The molecule has 26 heavy (non-hydrogen) atoms. The molecule has 2 aromatic carbocycles. The first-order valence-electron chi connectivity index (χ1n) is 7.41. The van der Waals surface area contributed by atoms with Gasteiger partial charge in [0, 0.05) is 15.8 Å². The van der Waals surface area contributed by atoms with Gasteiger partial charge in [-0.3, -0.25) is 10.1 Å². The number of ether oxygens (including phenoxy) is 1. The average Bonchev–Trinajstić information content (AvgIpc) is 3.08. The summed E-state index contributed by atoms with van der Waals surface area (Å²) in [5, 5.41) is 12.5. The lowest BCUT2D eigenvalue weighted by Crippen LogP contribution is -2.12. The van der Waals surface area contributed by atoms with Crippen LogP contribution in [0.5, 0.6) is 5.75 Å². The van der Waals surface area contributed by atoms with Gasteiger partial charge < -0.3 is 4.74 Å². The van der Waals surface area contributed by atoms with Gasteiger partial charge in [-0.05, 0) is 29.8 Å². The molecule has 0 fully saturated rings. The third-order valence-electron chi connectivity index (χ3n) is 3.34. The number of carbonyl (C=O) groups is 1. The van der Waals surface area contributed by atoms with E-state index in [-0.39, 0.29) is 5.91 Å². The van der Waals surface area contributed by atoms with E-state index < -0.39 is 0 Å². The summed E-state index contributed by atoms with van der Waals surface area (Å²) >= 11 is 14.8. The predicted molar refractivity (Wildman–Crippen MR) is 107 cm³/mol. The smallest absolute Gasteiger partial charge is 0.261 e. The molecule has 134 valence electrons. The van der Waals surface area contributed by atoms with Crippen molar-refractivity contribution < 1.29 is 9.53 Å². The van der Waals surface area contributed by atoms with Crippen molar-refractivity contribution in [1.29, 1.82) is 0 Å². The van der Waals surface area contributed by atoms with Crippen LogP contribution in [-0.4, -0.2) is 23.2 Å². The van der Waals surface area contributed by atoms with Gasteiger partial charge in [0.1, 0.15) is 5.75 Å². The molecular formula is C17H13Cl2N3O2S2. The highest BCUT2D eigenvalue weighted by Gasteiger charge is 2.14. The lowest BCUT2D eigenvalue weighted by atomic mass is 10.2. The molecule has 0 spiro atoms. The molecule has 3 rings (SSSR count). The summed E-state index contributed by atoms with van der Waals surface area (Å²) in [4.78, 5) is 12.4. The average molecular weight is 426 g/mol. The van der Waals surface area contributed by atoms with Crippen molar-refractivity contribution >= 4 is 57.3 Å². The van der Waals surface area contributed by atoms with Gasteiger partial charge in [-0.2, -0.15) is 0 Å². The molecule has 1 heterocycles. The van der Waals surface area contributed by atoms with E-state index in [2.05, 4.69) is 15.5 Å². The summed E-state index contributed by atoms with van der Waals surface area (Å²) in [5.74, 6) is 0.836. The summed E-state index contributed by atoms with van der Waals surface area (Å²) in [7, 11) is 1.52. The Hall–Kier alpha value is -1.80. The van der Waals surface area contributed by atoms with Gasteiger partial charge in [-0.25, -0.2) is 0 Å². The van der Waals surface area contributed by atoms with Crippen LogP contribution in [0.25, 0.3) is 0 Å². The van der Waals surface area contributed by atoms with Crippen molar-refractivity contribution in [3.05, 3.63) is 63.6 Å². The fourth-order valence-corrected chi connectivity index (χ4v) is 4.40. The van der Waals surface area contributed by atoms with Gasteiger partial charge in [-0.15, -0.1) is 10.2 Å². The first kappa shape index (κ1) is 19.0. The number of benzene rings is 2. The van der Waals surface area contributed by atoms with Crippen molar-refractivity contribution in [2.45, 2.75) is 10.1 Å². The number of anilines is 1. The monoisotopic (exact) mass is 425 g/mol. The summed E-state index contributed by atoms with van der Waals surface area (Å²) in [6.07, 6.45) is 0. The molecular weight excluding hydrogens is 413 g/mol. The Kier molecular flexibility index (Phi) is 6.37. The molecule has 1 amide bonds. The van der Waals surface area contributed by atoms with Gasteiger partial charge in [0.05, 0.1) is 12.7 Å². The zero-order chi connectivity index (χ0) is 18.5. The molecule has 0 radical (unpaired) electrons. The highest BCUT2D eigenvalue weighted by Crippen LogP contribution is 2.31. The fraction of sp³-hybridized carbons (Fsp3) is 0.118. The van der Waals surface area contributed by atoms with Gasteiger partial charge in [0.15, 0.2) is 4.34 Å². The van der Waals surface area contributed by atoms with E-state index in [4.69, 9.17) is 27.9 Å². The number of nitrogens with one attached hydrogen (secondary N) is 1. The van der Waals surface area contributed by atoms with Crippen molar-refractivity contribution in [2.24, 2.45) is 0 Å². The minimum Gasteiger partial charge on any atom is -0.496 e. The molecule has 1 aromatic heterocycles. The van der Waals surface area contributed by atoms with Crippen LogP contribution >= 0.6 is 46.3 Å². The number of hydrogen-bond acceptors (Lipinski definition) is 6. The van der Waals surface area contributed by atoms with Crippen LogP contribution in [0, 0.1) is 0 Å². The van der Waals surface area contributed by atoms with Crippen molar-refractivity contribution in [3.8, 4) is 5.75 Å². The largest absolute Gasteiger partial charge is 0.496 e. The third-order valence-corrected chi connectivity index (χ3v) is 5.95. The maximum atomic E-state index is 12.4. The van der Waals surface area contributed by atoms with Crippen LogP contribution in [0.4, 0.5) is 5.13 Å². The first-order chi connectivity index (χ1) is 12.6. The van der Waals surface area contributed by atoms with Crippen molar-refractivity contribution in [3.63, 3.8) is 0 Å². The Morgan fingerprint density at radius 3 is 2.81 bits per heavy atom. The van der Waals surface area contributed by atoms with Crippen molar-refractivity contribution in [1.82, 2.24) is 10.2 Å². The first-order valence-corrected chi connectivity index (χ1v) is 9.97. The van der Waals surface area contributed by atoms with Crippen molar-refractivity contribution in [2.75, 3.05) is 12.4 Å². The van der Waals surface area contributed by atoms with Gasteiger partial charge in [0.2, 0.25) is 5.13 Å². The molecule has 0 aliphatic heterocycles. The minimum atomic E-state index is -0.295. The molecule has 0 bridgehead atoms. The zero-order valence-electron chi connectivity index (χ0n) is 13.5. The SMILES string of the molecule is COc1ccccc1C(=O)Nc1nnc(SCc2ccc(Cl)cc2Cl)s1. The Morgan fingerprint density at radius 2 is 2.04 bits per heavy atom. The lowest BCUT2D eigenvalue weighted by Gasteiger charge is -2.06. The van der Waals surface area contributed by atoms with E-state index in [9.17, 15) is 4.79 Å². The van der Waals surface area contributed by atoms with E-state index in [0.29, 0.717) is 32.2 Å². The summed E-state index contributed by atoms with van der Waals surface area (Å²) in [6.45, 7) is 0. The molecule has 0 saturated heterocycles. The van der Waals surface area contributed by atoms with Crippen LogP contribution in [0.2, 0.25) is 10.0 Å². The van der Waals surface area contributed by atoms with Crippen LogP contribution in [0.1, 0.15) is 15.9 Å². The molecule has 5 nitrogen and oxygen atoms in total. The number of carbonyl (C=O) groups excluding carboxylic acids is 1. The highest BCUT2D eigenvalue weighted by atomic mass is 35.5. The second kappa shape index (κ2) is 8.73. The number of methoxy groups -OCH3 is 1. The Morgan fingerprint density at radius 1 is 1.23 bits per heavy atom. The quantitative estimate of drug-likeness (QED) is 0.423. The maximum Gasteiger partial charge on any atom is 0.261 e. The van der Waals surface area contributed by atoms with Gasteiger partial charge in [0.25, 0.3) is 5.91 Å². The van der Waals surface area contributed by atoms with E-state index in [1.807, 2.05) is 6.07 Å². The number of rotatable bonds is 6. The number of para-hydroxylation sites is 1. The van der Waals surface area contributed by atoms with E-state index >= 15 is 0 Å². The van der Waals surface area contributed by atoms with Crippen LogP contribution in [0.15, 0.2) is 46.8 Å². The predicted octanol–water partition coefficient (Wildman–Crippen LogP) is 5.40. The van der Waals surface area contributed by atoms with Gasteiger partial charge in [-0.1, -0.05) is 64.5 Å². The molecule has 0 saturated carbocycles. The number of amides is 1. The molecule has 0 unspecified atom stereocenters. The maximum absolute atomic E-state index is 12.4. The third kappa shape index (κ3) is 4.67. The molecule has 0 aliphatic rings. The summed E-state index contributed by atoms with van der Waals surface area (Å²) in [5.41, 5.74) is 1.39. The van der Waals surface area contributed by atoms with Gasteiger partial charge >= 0.3 is 0 Å². The minimum absolute atomic E-state index is 0.295. The number of aromatic nitrogens is 2. The van der Waals surface area contributed by atoms with E-state index in [1.165, 1.54) is 30.2 Å². The molecule has 9 heteroatoms. The topological polar surface area (TPSA) is 64.1 Å². The molecule has 0 atom stereocenters. The van der Waals surface area contributed by atoms with Crippen LogP contribution < -0.4 is 10.1 Å². The standard InChI is InChI=1S/C17H13Cl2N3O2S2/c1-24-14-5-3-2-4-12(14)15(23)20-16-21-22-17(26-16)25-9-10-6-7-11(18)8-13(10)19/h2-8H,9H2,1H3,(H,20,21,23). The molecule has 0 aliphatic carbocycles. The van der Waals surface area contributed by atoms with E-state index in [0.717, 1.165) is 9.90 Å². The number of thioether (sulfide) groups is 1. The molecule has 1 N–H and O–H groups in total. The molecule has 3 aromatic rings. The summed E-state index contributed by atoms with van der Waals surface area (Å²) < 4.78 is 5.93. The number of halogens is 2. The fourth-order valence-electron chi connectivity index (χ4n) is 2.09. The Labute approximate surface area is 168 Å². The summed E-state index contributed by atoms with van der Waals surface area (Å²) in [6, 6.07) is 12.4. The lowest BCUT2D eigenvalue weighted by molar-refractivity contribution is 0.102. The van der Waals surface area contributed by atoms with Crippen LogP contribution in [0.3, 0.4) is 0 Å². The van der Waals surface area contributed by atoms with Crippen LogP contribution in [-0.2, 0) is 5.75 Å². The Balaban J connectivity index is 1.63. The Bertz CT molecular complexity index is 934.